The minimum atomic E-state index is -1.19. The zero-order valence-electron chi connectivity index (χ0n) is 14.8. The Morgan fingerprint density at radius 2 is 1.21 bits per heavy atom. The maximum absolute atomic E-state index is 10.6. The van der Waals surface area contributed by atoms with Gasteiger partial charge in [-0.15, -0.1) is 0 Å². The number of benzene rings is 2. The topological polar surface area (TPSA) is 77.4 Å². The predicted octanol–water partition coefficient (Wildman–Crippen LogP) is 3.24. The smallest absolute Gasteiger partial charge is 0.184 e. The van der Waals surface area contributed by atoms with Gasteiger partial charge in [0.05, 0.1) is 13.2 Å². The van der Waals surface area contributed by atoms with Crippen molar-refractivity contribution in [1.82, 2.24) is 0 Å². The van der Waals surface area contributed by atoms with Crippen LogP contribution in [0, 0.1) is 0 Å². The number of aliphatic hydroxyl groups is 2. The molecule has 0 amide bonds. The van der Waals surface area contributed by atoms with Crippen molar-refractivity contribution in [2.45, 2.75) is 37.0 Å². The summed E-state index contributed by atoms with van der Waals surface area (Å²) in [5.74, 6) is 0. The molecule has 6 atom stereocenters. The normalized spacial score (nSPS) is 33.6. The summed E-state index contributed by atoms with van der Waals surface area (Å²) in [7, 11) is 0. The van der Waals surface area contributed by atoms with Crippen molar-refractivity contribution in [1.29, 1.82) is 0 Å². The van der Waals surface area contributed by atoms with Crippen molar-refractivity contribution >= 4 is 23.2 Å². The lowest BCUT2D eigenvalue weighted by Gasteiger charge is -2.28. The van der Waals surface area contributed by atoms with E-state index in [4.69, 9.17) is 42.1 Å². The van der Waals surface area contributed by atoms with Gasteiger partial charge in [-0.05, 0) is 24.3 Å². The molecular formula is C20H20Cl2O6. The number of halogens is 2. The van der Waals surface area contributed by atoms with E-state index in [9.17, 15) is 10.2 Å². The summed E-state index contributed by atoms with van der Waals surface area (Å²) in [6.45, 7) is 0.133. The predicted molar refractivity (Wildman–Crippen MR) is 102 cm³/mol. The van der Waals surface area contributed by atoms with E-state index in [0.717, 1.165) is 11.1 Å². The van der Waals surface area contributed by atoms with E-state index in [-0.39, 0.29) is 13.2 Å². The molecule has 8 heteroatoms. The Bertz CT molecular complexity index is 784. The lowest BCUT2D eigenvalue weighted by Crippen LogP contribution is -2.46. The molecule has 0 saturated carbocycles. The summed E-state index contributed by atoms with van der Waals surface area (Å²) in [6, 6.07) is 14.1. The van der Waals surface area contributed by atoms with Crippen molar-refractivity contribution in [3.8, 4) is 0 Å². The van der Waals surface area contributed by atoms with Gasteiger partial charge in [0.1, 0.15) is 24.4 Å². The van der Waals surface area contributed by atoms with Crippen molar-refractivity contribution in [2.24, 2.45) is 0 Å². The van der Waals surface area contributed by atoms with Gasteiger partial charge in [0.2, 0.25) is 0 Å². The molecule has 2 aliphatic heterocycles. The highest BCUT2D eigenvalue weighted by Gasteiger charge is 2.43. The van der Waals surface area contributed by atoms with Crippen LogP contribution < -0.4 is 0 Å². The first-order valence-corrected chi connectivity index (χ1v) is 9.68. The molecule has 6 nitrogen and oxygen atoms in total. The van der Waals surface area contributed by atoms with Crippen molar-refractivity contribution in [3.05, 3.63) is 69.7 Å². The van der Waals surface area contributed by atoms with Crippen LogP contribution in [0.25, 0.3) is 0 Å². The van der Waals surface area contributed by atoms with E-state index >= 15 is 0 Å². The van der Waals surface area contributed by atoms with Gasteiger partial charge in [-0.2, -0.15) is 0 Å². The molecular weight excluding hydrogens is 407 g/mol. The van der Waals surface area contributed by atoms with Crippen molar-refractivity contribution in [2.75, 3.05) is 13.2 Å². The Kier molecular flexibility index (Phi) is 6.20. The Morgan fingerprint density at radius 1 is 0.714 bits per heavy atom. The molecule has 2 fully saturated rings. The quantitative estimate of drug-likeness (QED) is 0.784. The largest absolute Gasteiger partial charge is 0.388 e. The molecule has 4 rings (SSSR count). The van der Waals surface area contributed by atoms with Gasteiger partial charge in [-0.1, -0.05) is 47.5 Å². The van der Waals surface area contributed by atoms with E-state index in [0.29, 0.717) is 10.0 Å². The molecule has 2 aromatic rings. The van der Waals surface area contributed by atoms with Gasteiger partial charge in [-0.3, -0.25) is 0 Å². The molecule has 0 aliphatic carbocycles. The molecule has 2 heterocycles. The van der Waals surface area contributed by atoms with Gasteiger partial charge in [0.15, 0.2) is 12.6 Å². The fourth-order valence-electron chi connectivity index (χ4n) is 3.25. The third-order valence-electron chi connectivity index (χ3n) is 4.79. The Balaban J connectivity index is 1.51. The fraction of sp³-hybridized carbons (Fsp3) is 0.400. The van der Waals surface area contributed by atoms with Crippen LogP contribution in [0.3, 0.4) is 0 Å². The Morgan fingerprint density at radius 3 is 1.79 bits per heavy atom. The molecule has 2 saturated heterocycles. The zero-order valence-corrected chi connectivity index (χ0v) is 16.3. The highest BCUT2D eigenvalue weighted by Crippen LogP contribution is 2.35. The Hall–Kier alpha value is -1.22. The first-order valence-electron chi connectivity index (χ1n) is 8.92. The summed E-state index contributed by atoms with van der Waals surface area (Å²) in [5, 5.41) is 22.0. The van der Waals surface area contributed by atoms with Gasteiger partial charge in [-0.25, -0.2) is 0 Å². The van der Waals surface area contributed by atoms with E-state index in [1.807, 2.05) is 12.1 Å². The number of hydrogen-bond acceptors (Lipinski definition) is 6. The van der Waals surface area contributed by atoms with Crippen LogP contribution in [0.15, 0.2) is 48.5 Å². The zero-order chi connectivity index (χ0) is 19.7. The van der Waals surface area contributed by atoms with Crippen LogP contribution >= 0.6 is 23.2 Å². The summed E-state index contributed by atoms with van der Waals surface area (Å²) in [6.07, 6.45) is -5.09. The van der Waals surface area contributed by atoms with E-state index in [1.165, 1.54) is 0 Å². The van der Waals surface area contributed by atoms with Crippen LogP contribution in [0.4, 0.5) is 0 Å². The Labute approximate surface area is 172 Å². The molecule has 0 radical (unpaired) electrons. The third kappa shape index (κ3) is 4.35. The minimum absolute atomic E-state index is 0.0703. The first-order chi connectivity index (χ1) is 13.5. The summed E-state index contributed by atoms with van der Waals surface area (Å²) >= 11 is 11.9. The number of aliphatic hydroxyl groups excluding tert-OH is 2. The number of rotatable bonds is 3. The molecule has 150 valence electrons. The number of ether oxygens (including phenoxy) is 4. The molecule has 28 heavy (non-hydrogen) atoms. The minimum Gasteiger partial charge on any atom is -0.388 e. The standard InChI is InChI=1S/C20H20Cl2O6/c21-13-5-1-11(2-6-13)19-26-10-16(27-19)18-17(24)15(23)9-25-20(28-18)12-3-7-14(22)8-4-12/h1-8,15-20,23-24H,9-10H2/t15-,16+,17-,18-,19?,20?/m0/s1. The van der Waals surface area contributed by atoms with E-state index in [2.05, 4.69) is 0 Å². The maximum atomic E-state index is 10.6. The third-order valence-corrected chi connectivity index (χ3v) is 5.29. The van der Waals surface area contributed by atoms with Gasteiger partial charge < -0.3 is 29.2 Å². The van der Waals surface area contributed by atoms with Crippen LogP contribution in [0.5, 0.6) is 0 Å². The van der Waals surface area contributed by atoms with E-state index < -0.39 is 37.0 Å². The summed E-state index contributed by atoms with van der Waals surface area (Å²) < 4.78 is 23.3. The fourth-order valence-corrected chi connectivity index (χ4v) is 3.51. The second kappa shape index (κ2) is 8.65. The monoisotopic (exact) mass is 426 g/mol. The highest BCUT2D eigenvalue weighted by molar-refractivity contribution is 6.30. The summed E-state index contributed by atoms with van der Waals surface area (Å²) in [5.41, 5.74) is 1.53. The molecule has 2 aromatic carbocycles. The molecule has 2 unspecified atom stereocenters. The second-order valence-corrected chi connectivity index (χ2v) is 7.64. The second-order valence-electron chi connectivity index (χ2n) is 6.77. The molecule has 0 spiro atoms. The van der Waals surface area contributed by atoms with Gasteiger partial charge in [0, 0.05) is 21.2 Å². The molecule has 0 aromatic heterocycles. The highest BCUT2D eigenvalue weighted by atomic mass is 35.5. The lowest BCUT2D eigenvalue weighted by atomic mass is 10.0. The van der Waals surface area contributed by atoms with Crippen LogP contribution in [-0.2, 0) is 18.9 Å². The molecule has 0 bridgehead atoms. The first kappa shape index (κ1) is 20.1. The lowest BCUT2D eigenvalue weighted by molar-refractivity contribution is -0.200. The van der Waals surface area contributed by atoms with E-state index in [1.54, 1.807) is 36.4 Å². The van der Waals surface area contributed by atoms with Gasteiger partial charge >= 0.3 is 0 Å². The average Bonchev–Trinajstić information content (AvgIpc) is 3.13. The summed E-state index contributed by atoms with van der Waals surface area (Å²) in [4.78, 5) is 0. The van der Waals surface area contributed by atoms with Crippen LogP contribution in [-0.4, -0.2) is 47.8 Å². The molecule has 2 N–H and O–H groups in total. The average molecular weight is 427 g/mol. The molecule has 2 aliphatic rings. The van der Waals surface area contributed by atoms with Gasteiger partial charge in [0.25, 0.3) is 0 Å². The maximum Gasteiger partial charge on any atom is 0.184 e. The van der Waals surface area contributed by atoms with Crippen molar-refractivity contribution < 1.29 is 29.2 Å². The SMILES string of the molecule is O[C@@H]1[C@H]([C@H]2COC(c3ccc(Cl)cc3)O2)OC(c2ccc(Cl)cc2)OC[C@@H]1O. The van der Waals surface area contributed by atoms with Crippen LogP contribution in [0.1, 0.15) is 23.7 Å². The van der Waals surface area contributed by atoms with Crippen molar-refractivity contribution in [3.63, 3.8) is 0 Å². The number of hydrogen-bond donors (Lipinski definition) is 2. The van der Waals surface area contributed by atoms with Crippen LogP contribution in [0.2, 0.25) is 10.0 Å².